The van der Waals surface area contributed by atoms with Crippen LogP contribution in [0.5, 0.6) is 5.75 Å². The largest absolute Gasteiger partial charge is 0.507 e. The Morgan fingerprint density at radius 3 is 2.03 bits per heavy atom. The Morgan fingerprint density at radius 1 is 0.657 bits per heavy atom. The number of aromatic hydroxyl groups is 1. The molecule has 0 saturated heterocycles. The number of hydrogen-bond donors (Lipinski definition) is 1. The Hall–Kier alpha value is -6.35. The predicted molar refractivity (Wildman–Crippen MR) is 278 cm³/mol. The quantitative estimate of drug-likeness (QED) is 0.139. The third kappa shape index (κ3) is 9.34. The summed E-state index contributed by atoms with van der Waals surface area (Å²) in [5.41, 5.74) is 9.24. The van der Waals surface area contributed by atoms with Crippen LogP contribution in [0.1, 0.15) is 123 Å². The van der Waals surface area contributed by atoms with Crippen molar-refractivity contribution in [1.29, 1.82) is 0 Å². The molecule has 9 rings (SSSR count). The maximum absolute atomic E-state index is 12.5. The summed E-state index contributed by atoms with van der Waals surface area (Å²) in [4.78, 5) is 9.88. The second-order valence-electron chi connectivity index (χ2n) is 18.8. The molecule has 9 aromatic rings. The molecule has 0 spiro atoms. The first-order valence-corrected chi connectivity index (χ1v) is 22.5. The van der Waals surface area contributed by atoms with Gasteiger partial charge in [0, 0.05) is 44.0 Å². The van der Waals surface area contributed by atoms with Gasteiger partial charge in [-0.2, -0.15) is 0 Å². The Labute approximate surface area is 427 Å². The minimum atomic E-state index is -2.98. The molecule has 5 heteroatoms. The van der Waals surface area contributed by atoms with Crippen LogP contribution in [0.15, 0.2) is 158 Å². The van der Waals surface area contributed by atoms with Crippen molar-refractivity contribution in [1.82, 2.24) is 14.5 Å². The van der Waals surface area contributed by atoms with Gasteiger partial charge in [0.15, 0.2) is 0 Å². The van der Waals surface area contributed by atoms with Gasteiger partial charge < -0.3 is 5.11 Å². The molecule has 0 radical (unpaired) electrons. The van der Waals surface area contributed by atoms with Crippen LogP contribution in [0.25, 0.3) is 83.9 Å². The molecule has 2 heterocycles. The molecule has 0 aliphatic rings. The Morgan fingerprint density at radius 2 is 1.36 bits per heavy atom. The van der Waals surface area contributed by atoms with Crippen molar-refractivity contribution in [2.24, 2.45) is 0 Å². The number of aromatic nitrogens is 3. The average molecular weight is 1070 g/mol. The molecular weight excluding hydrogens is 998 g/mol. The van der Waals surface area contributed by atoms with Gasteiger partial charge in [0.05, 0.1) is 31.9 Å². The van der Waals surface area contributed by atoms with E-state index >= 15 is 0 Å². The zero-order valence-corrected chi connectivity index (χ0v) is 41.5. The van der Waals surface area contributed by atoms with Crippen molar-refractivity contribution in [2.45, 2.75) is 92.3 Å². The summed E-state index contributed by atoms with van der Waals surface area (Å²) in [7, 11) is 0. The van der Waals surface area contributed by atoms with Gasteiger partial charge in [-0.15, -0.1) is 29.8 Å². The van der Waals surface area contributed by atoms with E-state index in [9.17, 15) is 7.85 Å². The van der Waals surface area contributed by atoms with Gasteiger partial charge in [-0.1, -0.05) is 182 Å². The number of benzene rings is 7. The van der Waals surface area contributed by atoms with Gasteiger partial charge in [0.2, 0.25) is 0 Å². The number of fused-ring (bicyclic) bond motifs is 1. The first-order chi connectivity index (χ1) is 36.1. The molecule has 340 valence electrons. The fourth-order valence-corrected chi connectivity index (χ4v) is 8.56. The second kappa shape index (κ2) is 19.1. The zero-order valence-electron chi connectivity index (χ0n) is 50.2. The van der Waals surface area contributed by atoms with Gasteiger partial charge in [0.1, 0.15) is 11.6 Å². The van der Waals surface area contributed by atoms with Crippen LogP contribution < -0.4 is 0 Å². The van der Waals surface area contributed by atoms with Gasteiger partial charge >= 0.3 is 0 Å². The van der Waals surface area contributed by atoms with E-state index in [1.165, 1.54) is 0 Å². The minimum Gasteiger partial charge on any atom is -0.507 e. The molecule has 7 aromatic carbocycles. The van der Waals surface area contributed by atoms with E-state index in [-0.39, 0.29) is 55.3 Å². The first-order valence-electron chi connectivity index (χ1n) is 28.0. The fraction of sp³-hybridized carbons (Fsp3) is 0.226. The van der Waals surface area contributed by atoms with E-state index in [1.54, 1.807) is 12.1 Å². The molecule has 0 bridgehead atoms. The molecular formula is C62H60N3OPt-. The van der Waals surface area contributed by atoms with Crippen LogP contribution in [0, 0.1) is 12.9 Å². The van der Waals surface area contributed by atoms with Crippen molar-refractivity contribution < 1.29 is 41.3 Å². The Kier molecular flexibility index (Phi) is 9.94. The van der Waals surface area contributed by atoms with Crippen molar-refractivity contribution in [3.8, 4) is 78.6 Å². The third-order valence-corrected chi connectivity index (χ3v) is 12.2. The number of para-hydroxylation sites is 1. The van der Waals surface area contributed by atoms with Gasteiger partial charge in [-0.3, -0.25) is 9.55 Å². The van der Waals surface area contributed by atoms with Crippen molar-refractivity contribution in [3.63, 3.8) is 0 Å². The summed E-state index contributed by atoms with van der Waals surface area (Å²) in [6.45, 7) is 15.7. The molecule has 0 fully saturated rings. The van der Waals surface area contributed by atoms with Gasteiger partial charge in [-0.25, -0.2) is 4.98 Å². The summed E-state index contributed by atoms with van der Waals surface area (Å²) >= 11 is 0. The topological polar surface area (TPSA) is 50.9 Å². The van der Waals surface area contributed by atoms with E-state index in [1.807, 2.05) is 88.4 Å². The molecule has 0 aliphatic carbocycles. The van der Waals surface area contributed by atoms with Gasteiger partial charge in [0.25, 0.3) is 0 Å². The second-order valence-corrected chi connectivity index (χ2v) is 18.8. The SMILES string of the molecule is [2H]c1nc(-c2[c-]c(-c3cccc4c3nc(-c3cc(C(C)C)cc(C(C)C)c3O)n4-c3cc(-c4ccccc4)c(C([2H])(C)C)cc3-c3ccc(C(C)(C)C)cc3)ccc2)c([2H])c(-c2c([2H])c([2H])c(C([2H])([2H])[2H])c([2H])c2[2H])c1[2H].[Pt]. The summed E-state index contributed by atoms with van der Waals surface area (Å²) in [5.74, 6) is -0.415. The summed E-state index contributed by atoms with van der Waals surface area (Å²) in [6.07, 6.45) is -0.602. The van der Waals surface area contributed by atoms with E-state index in [2.05, 4.69) is 92.7 Å². The van der Waals surface area contributed by atoms with Crippen LogP contribution in [0.3, 0.4) is 0 Å². The monoisotopic (exact) mass is 1070 g/mol. The molecule has 1 N–H and O–H groups in total. The standard InChI is InChI=1S/C62H60N3O.Pt/c1-38(2)48-33-52(40(5)6)60(66)55(34-48)61-64-59-50(46-18-14-19-47(32-46)56-35-45(30-31-63-56)42-24-22-41(7)23-25-42)20-15-21-57(59)65(61)58-37-53(43-16-12-11-13-17-43)51(39(3)4)36-54(58)44-26-28-49(29-27-44)62(8,9)10;/h11-31,33-40,66H,1-10H3;/q-1;/i7D3,22D,23D,24D,25D,30D,31D,35D,39D;. The smallest absolute Gasteiger partial charge is 0.148 e. The number of hydrogen-bond acceptors (Lipinski definition) is 3. The van der Waals surface area contributed by atoms with E-state index in [0.29, 0.717) is 33.5 Å². The fourth-order valence-electron chi connectivity index (χ4n) is 8.56. The molecule has 67 heavy (non-hydrogen) atoms. The molecule has 0 unspecified atom stereocenters. The zero-order chi connectivity index (χ0) is 56.0. The average Bonchev–Trinajstić information content (AvgIpc) is 3.96. The number of nitrogens with zero attached hydrogens (tertiary/aromatic N) is 3. The molecule has 4 nitrogen and oxygen atoms in total. The van der Waals surface area contributed by atoms with E-state index < -0.39 is 71.9 Å². The van der Waals surface area contributed by atoms with Crippen molar-refractivity contribution in [2.75, 3.05) is 0 Å². The van der Waals surface area contributed by atoms with Crippen LogP contribution in [0.4, 0.5) is 0 Å². The maximum Gasteiger partial charge on any atom is 0.148 e. The maximum atomic E-state index is 12.5. The van der Waals surface area contributed by atoms with Crippen LogP contribution >= 0.6 is 0 Å². The van der Waals surface area contributed by atoms with Crippen LogP contribution in [-0.4, -0.2) is 19.6 Å². The predicted octanol–water partition coefficient (Wildman–Crippen LogP) is 16.9. The summed E-state index contributed by atoms with van der Waals surface area (Å²) < 4.78 is 97.3. The first kappa shape index (κ1) is 34.9. The van der Waals surface area contributed by atoms with E-state index in [0.717, 1.165) is 50.2 Å². The summed E-state index contributed by atoms with van der Waals surface area (Å²) in [6, 6.07) is 37.0. The van der Waals surface area contributed by atoms with E-state index in [4.69, 9.17) is 17.3 Å². The van der Waals surface area contributed by atoms with Crippen molar-refractivity contribution >= 4 is 11.0 Å². The Bertz CT molecular complexity index is 3770. The number of pyridine rings is 1. The summed E-state index contributed by atoms with van der Waals surface area (Å²) in [5, 5.41) is 12.5. The molecule has 2 aromatic heterocycles. The van der Waals surface area contributed by atoms with Crippen molar-refractivity contribution in [3.05, 3.63) is 192 Å². The van der Waals surface area contributed by atoms with Crippen LogP contribution in [-0.2, 0) is 26.5 Å². The number of imidazole rings is 1. The number of phenolic OH excluding ortho intramolecular Hbond substituents is 1. The molecule has 0 saturated carbocycles. The molecule has 0 aliphatic heterocycles. The number of phenols is 1. The minimum absolute atomic E-state index is 0. The van der Waals surface area contributed by atoms with Gasteiger partial charge in [-0.05, 0) is 110 Å². The third-order valence-electron chi connectivity index (χ3n) is 12.2. The normalized spacial score (nSPS) is 14.5. The number of rotatable bonds is 10. The molecule has 0 amide bonds. The molecule has 0 atom stereocenters. The Balaban J connectivity index is 0.00000803. The van der Waals surface area contributed by atoms with Crippen LogP contribution in [0.2, 0.25) is 0 Å².